The molecule has 33 heavy (non-hydrogen) atoms. The van der Waals surface area contributed by atoms with Gasteiger partial charge in [-0.15, -0.1) is 11.3 Å². The zero-order chi connectivity index (χ0) is 23.0. The molecular weight excluding hydrogens is 456 g/mol. The molecule has 2 heterocycles. The second-order valence-corrected chi connectivity index (χ2v) is 8.25. The third-order valence-corrected chi connectivity index (χ3v) is 5.74. The first-order chi connectivity index (χ1) is 16.1. The van der Waals surface area contributed by atoms with Gasteiger partial charge in [0.1, 0.15) is 24.0 Å². The number of nitrogens with one attached hydrogen (secondary N) is 1. The highest BCUT2D eigenvalue weighted by Crippen LogP contribution is 2.25. The maximum Gasteiger partial charge on any atom is 0.268 e. The van der Waals surface area contributed by atoms with Gasteiger partial charge < -0.3 is 9.30 Å². The number of carbonyl (C=O) groups is 1. The van der Waals surface area contributed by atoms with Crippen molar-refractivity contribution in [2.45, 2.75) is 6.54 Å². The summed E-state index contributed by atoms with van der Waals surface area (Å²) >= 11 is 7.20. The Morgan fingerprint density at radius 1 is 1.15 bits per heavy atom. The molecule has 4 aromatic rings. The summed E-state index contributed by atoms with van der Waals surface area (Å²) in [6.45, 7) is 0.974. The predicted molar refractivity (Wildman–Crippen MR) is 131 cm³/mol. The monoisotopic (exact) mass is 474 g/mol. The lowest BCUT2D eigenvalue weighted by atomic mass is 10.2. The van der Waals surface area contributed by atoms with Gasteiger partial charge in [-0.3, -0.25) is 10.1 Å². The summed E-state index contributed by atoms with van der Waals surface area (Å²) in [6.07, 6.45) is 3.43. The first-order valence-corrected chi connectivity index (χ1v) is 11.4. The SMILES string of the molecule is N#C/C(=C/c1cccn1CCOc1ccc(Cl)cc1)C(=O)Nc1nc(-c2ccccc2)cs1. The highest BCUT2D eigenvalue weighted by molar-refractivity contribution is 7.14. The van der Waals surface area contributed by atoms with E-state index >= 15 is 0 Å². The molecule has 2 aromatic carbocycles. The molecule has 0 aliphatic heterocycles. The minimum atomic E-state index is -0.503. The highest BCUT2D eigenvalue weighted by Gasteiger charge is 2.13. The van der Waals surface area contributed by atoms with E-state index in [1.54, 1.807) is 30.3 Å². The number of benzene rings is 2. The number of amides is 1. The van der Waals surface area contributed by atoms with Gasteiger partial charge in [0, 0.05) is 27.9 Å². The highest BCUT2D eigenvalue weighted by atomic mass is 35.5. The number of hydrogen-bond acceptors (Lipinski definition) is 5. The van der Waals surface area contributed by atoms with E-state index < -0.39 is 5.91 Å². The number of ether oxygens (including phenoxy) is 1. The Kier molecular flexibility index (Phi) is 7.20. The first kappa shape index (κ1) is 22.3. The minimum Gasteiger partial charge on any atom is -0.492 e. The van der Waals surface area contributed by atoms with Gasteiger partial charge in [-0.2, -0.15) is 5.26 Å². The maximum atomic E-state index is 12.7. The quantitative estimate of drug-likeness (QED) is 0.255. The van der Waals surface area contributed by atoms with Crippen LogP contribution >= 0.6 is 22.9 Å². The third-order valence-electron chi connectivity index (χ3n) is 4.73. The van der Waals surface area contributed by atoms with Crippen LogP contribution in [0.3, 0.4) is 0 Å². The number of thiazole rings is 1. The van der Waals surface area contributed by atoms with Gasteiger partial charge in [0.25, 0.3) is 5.91 Å². The lowest BCUT2D eigenvalue weighted by molar-refractivity contribution is -0.112. The fourth-order valence-corrected chi connectivity index (χ4v) is 3.93. The fourth-order valence-electron chi connectivity index (χ4n) is 3.09. The van der Waals surface area contributed by atoms with Crippen LogP contribution in [0, 0.1) is 11.3 Å². The summed E-state index contributed by atoms with van der Waals surface area (Å²) in [6, 6.07) is 22.5. The summed E-state index contributed by atoms with van der Waals surface area (Å²) in [5, 5.41) is 15.2. The number of nitriles is 1. The molecule has 1 amide bonds. The van der Waals surface area contributed by atoms with Crippen LogP contribution in [0.15, 0.2) is 83.9 Å². The van der Waals surface area contributed by atoms with Crippen LogP contribution in [0.4, 0.5) is 5.13 Å². The molecule has 6 nitrogen and oxygen atoms in total. The standard InChI is InChI=1S/C25H19ClN4O2S/c26-20-8-10-22(11-9-20)32-14-13-30-12-4-7-21(30)15-19(16-27)24(31)29-25-28-23(17-33-25)18-5-2-1-3-6-18/h1-12,15,17H,13-14H2,(H,28,29,31)/b19-15-. The van der Waals surface area contributed by atoms with Gasteiger partial charge in [-0.05, 0) is 42.5 Å². The van der Waals surface area contributed by atoms with E-state index in [-0.39, 0.29) is 5.57 Å². The molecule has 1 N–H and O–H groups in total. The van der Waals surface area contributed by atoms with Gasteiger partial charge >= 0.3 is 0 Å². The molecule has 2 aromatic heterocycles. The number of aromatic nitrogens is 2. The van der Waals surface area contributed by atoms with Crippen molar-refractivity contribution in [3.63, 3.8) is 0 Å². The molecule has 4 rings (SSSR count). The normalized spacial score (nSPS) is 11.1. The number of rotatable bonds is 8. The Hall–Kier alpha value is -3.86. The smallest absolute Gasteiger partial charge is 0.268 e. The summed E-state index contributed by atoms with van der Waals surface area (Å²) in [4.78, 5) is 17.1. The van der Waals surface area contributed by atoms with Gasteiger partial charge in [-0.1, -0.05) is 41.9 Å². The second-order valence-electron chi connectivity index (χ2n) is 6.96. The molecule has 0 bridgehead atoms. The van der Waals surface area contributed by atoms with E-state index in [1.165, 1.54) is 11.3 Å². The van der Waals surface area contributed by atoms with Crippen molar-refractivity contribution in [2.75, 3.05) is 11.9 Å². The summed E-state index contributed by atoms with van der Waals surface area (Å²) in [5.74, 6) is 0.218. The zero-order valence-electron chi connectivity index (χ0n) is 17.4. The number of carbonyl (C=O) groups excluding carboxylic acids is 1. The Morgan fingerprint density at radius 3 is 2.70 bits per heavy atom. The van der Waals surface area contributed by atoms with Crippen molar-refractivity contribution in [1.82, 2.24) is 9.55 Å². The Labute approximate surface area is 200 Å². The van der Waals surface area contributed by atoms with Crippen molar-refractivity contribution in [2.24, 2.45) is 0 Å². The van der Waals surface area contributed by atoms with Crippen LogP contribution in [0.1, 0.15) is 5.69 Å². The topological polar surface area (TPSA) is 79.9 Å². The van der Waals surface area contributed by atoms with Gasteiger partial charge in [0.15, 0.2) is 5.13 Å². The molecule has 0 unspecified atom stereocenters. The molecule has 0 fully saturated rings. The fraction of sp³-hybridized carbons (Fsp3) is 0.0800. The van der Waals surface area contributed by atoms with E-state index in [2.05, 4.69) is 10.3 Å². The number of nitrogens with zero attached hydrogens (tertiary/aromatic N) is 3. The first-order valence-electron chi connectivity index (χ1n) is 10.1. The second kappa shape index (κ2) is 10.6. The Balaban J connectivity index is 1.40. The summed E-state index contributed by atoms with van der Waals surface area (Å²) < 4.78 is 7.65. The molecule has 0 aliphatic rings. The van der Waals surface area contributed by atoms with E-state index in [4.69, 9.17) is 16.3 Å². The van der Waals surface area contributed by atoms with Crippen molar-refractivity contribution in [3.05, 3.63) is 94.6 Å². The Bertz CT molecular complexity index is 1300. The molecular formula is C25H19ClN4O2S. The molecule has 0 radical (unpaired) electrons. The average Bonchev–Trinajstić information content (AvgIpc) is 3.49. The van der Waals surface area contributed by atoms with E-state index in [0.717, 1.165) is 22.7 Å². The molecule has 0 saturated carbocycles. The molecule has 0 saturated heterocycles. The molecule has 0 atom stereocenters. The van der Waals surface area contributed by atoms with Crippen molar-refractivity contribution in [3.8, 4) is 23.1 Å². The van der Waals surface area contributed by atoms with Gasteiger partial charge in [-0.25, -0.2) is 4.98 Å². The summed E-state index contributed by atoms with van der Waals surface area (Å²) in [7, 11) is 0. The lowest BCUT2D eigenvalue weighted by Gasteiger charge is -2.09. The molecule has 0 aliphatic carbocycles. The Morgan fingerprint density at radius 2 is 1.94 bits per heavy atom. The zero-order valence-corrected chi connectivity index (χ0v) is 19.0. The van der Waals surface area contributed by atoms with Crippen molar-refractivity contribution < 1.29 is 9.53 Å². The van der Waals surface area contributed by atoms with E-state index in [0.29, 0.717) is 23.3 Å². The van der Waals surface area contributed by atoms with Crippen LogP contribution in [-0.4, -0.2) is 22.1 Å². The maximum absolute atomic E-state index is 12.7. The van der Waals surface area contributed by atoms with Crippen LogP contribution in [0.5, 0.6) is 5.75 Å². The molecule has 0 spiro atoms. The average molecular weight is 475 g/mol. The third kappa shape index (κ3) is 5.89. The number of hydrogen-bond donors (Lipinski definition) is 1. The number of halogens is 1. The van der Waals surface area contributed by atoms with Crippen molar-refractivity contribution >= 4 is 40.1 Å². The van der Waals surface area contributed by atoms with Crippen LogP contribution in [0.25, 0.3) is 17.3 Å². The van der Waals surface area contributed by atoms with E-state index in [9.17, 15) is 10.1 Å². The molecule has 164 valence electrons. The lowest BCUT2D eigenvalue weighted by Crippen LogP contribution is -2.14. The van der Waals surface area contributed by atoms with Crippen LogP contribution in [-0.2, 0) is 11.3 Å². The summed E-state index contributed by atoms with van der Waals surface area (Å²) in [5.41, 5.74) is 2.45. The molecule has 8 heteroatoms. The minimum absolute atomic E-state index is 0.00923. The van der Waals surface area contributed by atoms with Crippen molar-refractivity contribution in [1.29, 1.82) is 5.26 Å². The number of anilines is 1. The largest absolute Gasteiger partial charge is 0.492 e. The van der Waals surface area contributed by atoms with Crippen LogP contribution in [0.2, 0.25) is 5.02 Å². The van der Waals surface area contributed by atoms with Gasteiger partial charge in [0.2, 0.25) is 0 Å². The van der Waals surface area contributed by atoms with E-state index in [1.807, 2.05) is 64.7 Å². The van der Waals surface area contributed by atoms with Crippen LogP contribution < -0.4 is 10.1 Å². The predicted octanol–water partition coefficient (Wildman–Crippen LogP) is 5.89. The van der Waals surface area contributed by atoms with Gasteiger partial charge in [0.05, 0.1) is 12.2 Å².